The molecular weight excluding hydrogens is 226 g/mol. The van der Waals surface area contributed by atoms with Crippen LogP contribution in [0, 0.1) is 0 Å². The zero-order valence-corrected chi connectivity index (χ0v) is 9.42. The molecule has 0 fully saturated rings. The number of hydrogen-bond acceptors (Lipinski definition) is 0. The fourth-order valence-electron chi connectivity index (χ4n) is 0.925. The van der Waals surface area contributed by atoms with Crippen LogP contribution in [0.2, 0.25) is 10.0 Å². The first kappa shape index (κ1) is 10.9. The summed E-state index contributed by atoms with van der Waals surface area (Å²) in [6.07, 6.45) is 1.98. The van der Waals surface area contributed by atoms with E-state index < -0.39 is 0 Å². The molecule has 0 heterocycles. The van der Waals surface area contributed by atoms with Gasteiger partial charge in [0.05, 0.1) is 10.0 Å². The van der Waals surface area contributed by atoms with Crippen LogP contribution in [0.4, 0.5) is 0 Å². The topological polar surface area (TPSA) is 0 Å². The average molecular weight is 236 g/mol. The van der Waals surface area contributed by atoms with E-state index in [2.05, 4.69) is 0 Å². The van der Waals surface area contributed by atoms with Gasteiger partial charge in [0.2, 0.25) is 0 Å². The number of halogens is 3. The van der Waals surface area contributed by atoms with Crippen LogP contribution in [-0.4, -0.2) is 5.88 Å². The van der Waals surface area contributed by atoms with Crippen molar-refractivity contribution >= 4 is 40.9 Å². The van der Waals surface area contributed by atoms with E-state index in [1.54, 1.807) is 6.07 Å². The van der Waals surface area contributed by atoms with Gasteiger partial charge in [0.15, 0.2) is 0 Å². The van der Waals surface area contributed by atoms with E-state index in [-0.39, 0.29) is 0 Å². The van der Waals surface area contributed by atoms with Crippen molar-refractivity contribution in [3.05, 3.63) is 39.4 Å². The third-order valence-corrected chi connectivity index (χ3v) is 2.73. The largest absolute Gasteiger partial charge is 0.122 e. The third kappa shape index (κ3) is 3.22. The van der Waals surface area contributed by atoms with Crippen LogP contribution in [0.25, 0.3) is 6.08 Å². The molecule has 0 bridgehead atoms. The van der Waals surface area contributed by atoms with Gasteiger partial charge in [0, 0.05) is 5.88 Å². The van der Waals surface area contributed by atoms with Crippen LogP contribution >= 0.6 is 34.8 Å². The monoisotopic (exact) mass is 234 g/mol. The van der Waals surface area contributed by atoms with Gasteiger partial charge in [-0.15, -0.1) is 11.6 Å². The van der Waals surface area contributed by atoms with E-state index >= 15 is 0 Å². The highest BCUT2D eigenvalue weighted by Crippen LogP contribution is 2.23. The Morgan fingerprint density at radius 3 is 2.54 bits per heavy atom. The Hall–Kier alpha value is -0.170. The number of rotatable bonds is 2. The van der Waals surface area contributed by atoms with Crippen LogP contribution in [0.15, 0.2) is 23.8 Å². The molecule has 0 spiro atoms. The fraction of sp³-hybridized carbons (Fsp3) is 0.200. The van der Waals surface area contributed by atoms with Gasteiger partial charge in [-0.1, -0.05) is 40.9 Å². The molecule has 1 aromatic rings. The molecule has 0 unspecified atom stereocenters. The Kier molecular flexibility index (Phi) is 4.11. The molecule has 0 amide bonds. The number of alkyl halides is 1. The highest BCUT2D eigenvalue weighted by molar-refractivity contribution is 6.42. The molecule has 0 aliphatic carbocycles. The van der Waals surface area contributed by atoms with E-state index in [0.29, 0.717) is 15.9 Å². The molecule has 0 radical (unpaired) electrons. The minimum Gasteiger partial charge on any atom is -0.122 e. The van der Waals surface area contributed by atoms with Gasteiger partial charge in [0.1, 0.15) is 0 Å². The van der Waals surface area contributed by atoms with Crippen molar-refractivity contribution in [2.45, 2.75) is 6.92 Å². The van der Waals surface area contributed by atoms with E-state index in [0.717, 1.165) is 11.1 Å². The standard InChI is InChI=1S/C10H9Cl3/c1-7(6-11)4-8-2-3-9(12)10(13)5-8/h2-5H,6H2,1H3/b7-4-. The average Bonchev–Trinajstić information content (AvgIpc) is 2.11. The predicted molar refractivity (Wildman–Crippen MR) is 60.8 cm³/mol. The molecule has 70 valence electrons. The number of benzene rings is 1. The molecule has 0 aliphatic heterocycles. The van der Waals surface area contributed by atoms with Crippen LogP contribution < -0.4 is 0 Å². The molecular formula is C10H9Cl3. The Morgan fingerprint density at radius 2 is 2.00 bits per heavy atom. The molecule has 0 N–H and O–H groups in total. The van der Waals surface area contributed by atoms with Crippen molar-refractivity contribution in [3.63, 3.8) is 0 Å². The fourth-order valence-corrected chi connectivity index (χ4v) is 1.31. The summed E-state index contributed by atoms with van der Waals surface area (Å²) in [4.78, 5) is 0. The summed E-state index contributed by atoms with van der Waals surface area (Å²) >= 11 is 17.3. The zero-order chi connectivity index (χ0) is 9.84. The van der Waals surface area contributed by atoms with Gasteiger partial charge < -0.3 is 0 Å². The molecule has 1 rings (SSSR count). The summed E-state index contributed by atoms with van der Waals surface area (Å²) in [5.74, 6) is 0.528. The van der Waals surface area contributed by atoms with Gasteiger partial charge in [-0.05, 0) is 24.6 Å². The second-order valence-electron chi connectivity index (χ2n) is 2.80. The first-order valence-electron chi connectivity index (χ1n) is 3.81. The second-order valence-corrected chi connectivity index (χ2v) is 3.88. The molecule has 1 aromatic carbocycles. The van der Waals surface area contributed by atoms with Gasteiger partial charge in [-0.25, -0.2) is 0 Å². The van der Waals surface area contributed by atoms with Crippen molar-refractivity contribution in [2.75, 3.05) is 5.88 Å². The lowest BCUT2D eigenvalue weighted by molar-refractivity contribution is 1.43. The van der Waals surface area contributed by atoms with Crippen molar-refractivity contribution < 1.29 is 0 Å². The molecule has 13 heavy (non-hydrogen) atoms. The van der Waals surface area contributed by atoms with Crippen molar-refractivity contribution in [2.24, 2.45) is 0 Å². The van der Waals surface area contributed by atoms with Crippen LogP contribution in [0.3, 0.4) is 0 Å². The Balaban J connectivity index is 2.98. The third-order valence-electron chi connectivity index (χ3n) is 1.57. The van der Waals surface area contributed by atoms with E-state index in [4.69, 9.17) is 34.8 Å². The van der Waals surface area contributed by atoms with Crippen molar-refractivity contribution in [3.8, 4) is 0 Å². The smallest absolute Gasteiger partial charge is 0.0598 e. The first-order valence-corrected chi connectivity index (χ1v) is 5.10. The maximum Gasteiger partial charge on any atom is 0.0598 e. The summed E-state index contributed by atoms with van der Waals surface area (Å²) in [6, 6.07) is 5.50. The Labute approximate surface area is 93.1 Å². The molecule has 0 aromatic heterocycles. The SMILES string of the molecule is C/C(=C/c1ccc(Cl)c(Cl)c1)CCl. The summed E-state index contributed by atoms with van der Waals surface area (Å²) in [6.45, 7) is 1.97. The van der Waals surface area contributed by atoms with Crippen LogP contribution in [-0.2, 0) is 0 Å². The highest BCUT2D eigenvalue weighted by Gasteiger charge is 1.97. The van der Waals surface area contributed by atoms with Gasteiger partial charge in [0.25, 0.3) is 0 Å². The normalized spacial score (nSPS) is 11.8. The van der Waals surface area contributed by atoms with Gasteiger partial charge in [-0.2, -0.15) is 0 Å². The molecule has 0 aliphatic rings. The summed E-state index contributed by atoms with van der Waals surface area (Å²) in [7, 11) is 0. The maximum atomic E-state index is 5.85. The van der Waals surface area contributed by atoms with Crippen LogP contribution in [0.5, 0.6) is 0 Å². The van der Waals surface area contributed by atoms with Gasteiger partial charge in [-0.3, -0.25) is 0 Å². The minimum atomic E-state index is 0.528. The predicted octanol–water partition coefficient (Wildman–Crippen LogP) is 4.64. The molecule has 0 nitrogen and oxygen atoms in total. The van der Waals surface area contributed by atoms with E-state index in [1.165, 1.54) is 0 Å². The lowest BCUT2D eigenvalue weighted by Gasteiger charge is -1.99. The summed E-state index contributed by atoms with van der Waals surface area (Å²) in [5, 5.41) is 1.14. The molecule has 3 heteroatoms. The number of allylic oxidation sites excluding steroid dienone is 1. The first-order chi connectivity index (χ1) is 6.13. The molecule has 0 saturated heterocycles. The maximum absolute atomic E-state index is 5.85. The van der Waals surface area contributed by atoms with Gasteiger partial charge >= 0.3 is 0 Å². The lowest BCUT2D eigenvalue weighted by atomic mass is 10.1. The Bertz CT molecular complexity index is 329. The second kappa shape index (κ2) is 4.90. The van der Waals surface area contributed by atoms with E-state index in [1.807, 2.05) is 25.1 Å². The highest BCUT2D eigenvalue weighted by atomic mass is 35.5. The molecule has 0 saturated carbocycles. The molecule has 0 atom stereocenters. The Morgan fingerprint density at radius 1 is 1.31 bits per heavy atom. The lowest BCUT2D eigenvalue weighted by Crippen LogP contribution is -1.78. The summed E-state index contributed by atoms with van der Waals surface area (Å²) in [5.41, 5.74) is 2.12. The van der Waals surface area contributed by atoms with Crippen molar-refractivity contribution in [1.29, 1.82) is 0 Å². The van der Waals surface area contributed by atoms with E-state index in [9.17, 15) is 0 Å². The summed E-state index contributed by atoms with van der Waals surface area (Å²) < 4.78 is 0. The zero-order valence-electron chi connectivity index (χ0n) is 7.15. The minimum absolute atomic E-state index is 0.528. The van der Waals surface area contributed by atoms with Crippen LogP contribution in [0.1, 0.15) is 12.5 Å². The van der Waals surface area contributed by atoms with Crippen molar-refractivity contribution in [1.82, 2.24) is 0 Å². The quantitative estimate of drug-likeness (QED) is 0.655. The number of hydrogen-bond donors (Lipinski definition) is 0.